The molecule has 1 aromatic heterocycles. The Morgan fingerprint density at radius 3 is 2.67 bits per heavy atom. The number of pyridine rings is 1. The number of fused-ring (bicyclic) bond motifs is 4. The van der Waals surface area contributed by atoms with Crippen molar-refractivity contribution in [3.63, 3.8) is 0 Å². The van der Waals surface area contributed by atoms with Crippen molar-refractivity contribution in [1.29, 1.82) is 0 Å². The maximum absolute atomic E-state index is 13.5. The Morgan fingerprint density at radius 2 is 1.97 bits per heavy atom. The Morgan fingerprint density at radius 1 is 1.18 bits per heavy atom. The van der Waals surface area contributed by atoms with Crippen LogP contribution in [0, 0.1) is 11.8 Å². The number of nitrogens with one attached hydrogen (secondary N) is 1. The second kappa shape index (κ2) is 9.01. The fourth-order valence-electron chi connectivity index (χ4n) is 5.75. The van der Waals surface area contributed by atoms with Gasteiger partial charge in [0.2, 0.25) is 10.0 Å². The molecule has 33 heavy (non-hydrogen) atoms. The molecule has 3 aromatic rings. The van der Waals surface area contributed by atoms with E-state index in [4.69, 9.17) is 0 Å². The summed E-state index contributed by atoms with van der Waals surface area (Å²) >= 11 is 0. The number of sulfonamides is 1. The first-order valence-corrected chi connectivity index (χ1v) is 13.3. The van der Waals surface area contributed by atoms with Gasteiger partial charge in [-0.05, 0) is 66.6 Å². The van der Waals surface area contributed by atoms with Gasteiger partial charge in [0.25, 0.3) is 0 Å². The van der Waals surface area contributed by atoms with E-state index in [1.165, 1.54) is 12.8 Å². The third-order valence-corrected chi connectivity index (χ3v) is 9.03. The third-order valence-electron chi connectivity index (χ3n) is 7.57. The van der Waals surface area contributed by atoms with Crippen molar-refractivity contribution >= 4 is 27.0 Å². The van der Waals surface area contributed by atoms with E-state index < -0.39 is 10.0 Å². The molecular weight excluding hydrogens is 430 g/mol. The first-order chi connectivity index (χ1) is 16.0. The van der Waals surface area contributed by atoms with E-state index in [-0.39, 0.29) is 17.0 Å². The smallest absolute Gasteiger partial charge is 0.241 e. The third kappa shape index (κ3) is 4.23. The maximum Gasteiger partial charge on any atom is 0.241 e. The van der Waals surface area contributed by atoms with Gasteiger partial charge in [-0.15, -0.1) is 0 Å². The van der Waals surface area contributed by atoms with Crippen LogP contribution >= 0.6 is 0 Å². The number of benzene rings is 2. The van der Waals surface area contributed by atoms with E-state index in [1.54, 1.807) is 36.5 Å². The quantitative estimate of drug-likeness (QED) is 0.537. The highest BCUT2D eigenvalue weighted by Crippen LogP contribution is 2.43. The zero-order chi connectivity index (χ0) is 23.0. The summed E-state index contributed by atoms with van der Waals surface area (Å²) in [5.41, 5.74) is 2.78. The fourth-order valence-corrected chi connectivity index (χ4v) is 6.99. The van der Waals surface area contributed by atoms with Crippen molar-refractivity contribution in [3.8, 4) is 0 Å². The van der Waals surface area contributed by atoms with Crippen LogP contribution in [0.2, 0.25) is 0 Å². The summed E-state index contributed by atoms with van der Waals surface area (Å²) in [7, 11) is -3.72. The van der Waals surface area contributed by atoms with Crippen LogP contribution in [0.1, 0.15) is 43.4 Å². The normalized spacial score (nSPS) is 25.7. The minimum absolute atomic E-state index is 0.125. The van der Waals surface area contributed by atoms with Crippen molar-refractivity contribution in [2.75, 3.05) is 13.1 Å². The standard InChI is InChI=1S/C27H31N3O2S/c1-3-19-9-11-22(12-10-19)33(31,32)29-27(24-13-15-28-25-8-6-5-7-23(24)25)26-17-21-14-16-30(26)18-20(21)4-2/h3,5-13,15,20-21,26-27,29H,1,4,14,16-18H2,2H3/t20-,21-,26+,27+/m0/s1. The molecule has 4 heterocycles. The zero-order valence-electron chi connectivity index (χ0n) is 19.0. The minimum Gasteiger partial charge on any atom is -0.298 e. The largest absolute Gasteiger partial charge is 0.298 e. The van der Waals surface area contributed by atoms with Crippen molar-refractivity contribution in [1.82, 2.24) is 14.6 Å². The molecule has 5 atom stereocenters. The highest BCUT2D eigenvalue weighted by Gasteiger charge is 2.44. The van der Waals surface area contributed by atoms with Crippen LogP contribution in [0.3, 0.4) is 0 Å². The molecule has 0 spiro atoms. The van der Waals surface area contributed by atoms with E-state index in [1.807, 2.05) is 30.3 Å². The molecule has 5 nitrogen and oxygen atoms in total. The van der Waals surface area contributed by atoms with Gasteiger partial charge in [-0.3, -0.25) is 9.88 Å². The summed E-state index contributed by atoms with van der Waals surface area (Å²) < 4.78 is 30.2. The van der Waals surface area contributed by atoms with Crippen LogP contribution in [-0.4, -0.2) is 37.4 Å². The van der Waals surface area contributed by atoms with Gasteiger partial charge in [-0.2, -0.15) is 0 Å². The molecule has 0 amide bonds. The first-order valence-electron chi connectivity index (χ1n) is 11.8. The van der Waals surface area contributed by atoms with Gasteiger partial charge in [-0.25, -0.2) is 13.1 Å². The van der Waals surface area contributed by atoms with E-state index in [0.717, 1.165) is 41.5 Å². The summed E-state index contributed by atoms with van der Waals surface area (Å²) in [4.78, 5) is 7.30. The van der Waals surface area contributed by atoms with Crippen molar-refractivity contribution in [3.05, 3.63) is 78.5 Å². The zero-order valence-corrected chi connectivity index (χ0v) is 19.8. The van der Waals surface area contributed by atoms with Gasteiger partial charge in [0, 0.05) is 24.2 Å². The molecule has 0 saturated carbocycles. The van der Waals surface area contributed by atoms with Gasteiger partial charge >= 0.3 is 0 Å². The molecule has 172 valence electrons. The number of hydrogen-bond donors (Lipinski definition) is 1. The number of nitrogens with zero attached hydrogens (tertiary/aromatic N) is 2. The predicted octanol–water partition coefficient (Wildman–Crippen LogP) is 5.02. The van der Waals surface area contributed by atoms with Crippen LogP contribution in [0.25, 0.3) is 17.0 Å². The van der Waals surface area contributed by atoms with Crippen molar-refractivity contribution in [2.45, 2.75) is 43.2 Å². The minimum atomic E-state index is -3.72. The van der Waals surface area contributed by atoms with Crippen molar-refractivity contribution in [2.24, 2.45) is 11.8 Å². The SMILES string of the molecule is C=Cc1ccc(S(=O)(=O)N[C@H](c2ccnc3ccccc23)[C@H]2C[C@@H]3CCN2C[C@@H]3CC)cc1. The van der Waals surface area contributed by atoms with Crippen LogP contribution in [0.4, 0.5) is 0 Å². The number of rotatable bonds is 7. The van der Waals surface area contributed by atoms with Gasteiger partial charge in [-0.1, -0.05) is 56.3 Å². The van der Waals surface area contributed by atoms with Gasteiger partial charge < -0.3 is 0 Å². The molecular formula is C27H31N3O2S. The summed E-state index contributed by atoms with van der Waals surface area (Å²) in [6, 6.07) is 16.6. The maximum atomic E-state index is 13.5. The molecule has 2 aromatic carbocycles. The molecule has 1 N–H and O–H groups in total. The lowest BCUT2D eigenvalue weighted by atomic mass is 9.72. The van der Waals surface area contributed by atoms with E-state index >= 15 is 0 Å². The number of hydrogen-bond acceptors (Lipinski definition) is 4. The van der Waals surface area contributed by atoms with Crippen LogP contribution in [-0.2, 0) is 10.0 Å². The van der Waals surface area contributed by atoms with Crippen LogP contribution in [0.5, 0.6) is 0 Å². The Hall–Kier alpha value is -2.54. The second-order valence-electron chi connectivity index (χ2n) is 9.30. The van der Waals surface area contributed by atoms with Gasteiger partial charge in [0.15, 0.2) is 0 Å². The summed E-state index contributed by atoms with van der Waals surface area (Å²) in [6.45, 7) is 8.10. The van der Waals surface area contributed by atoms with Crippen molar-refractivity contribution < 1.29 is 8.42 Å². The molecule has 2 bridgehead atoms. The average molecular weight is 462 g/mol. The average Bonchev–Trinajstić information content (AvgIpc) is 2.87. The van der Waals surface area contributed by atoms with Gasteiger partial charge in [0.1, 0.15) is 0 Å². The monoisotopic (exact) mass is 461 g/mol. The summed E-state index contributed by atoms with van der Waals surface area (Å²) in [6.07, 6.45) is 6.90. The summed E-state index contributed by atoms with van der Waals surface area (Å²) in [5.74, 6) is 1.35. The lowest BCUT2D eigenvalue weighted by Gasteiger charge is -2.52. The predicted molar refractivity (Wildman–Crippen MR) is 133 cm³/mol. The molecule has 6 heteroatoms. The number of aromatic nitrogens is 1. The molecule has 0 aliphatic carbocycles. The fraction of sp³-hybridized carbons (Fsp3) is 0.370. The lowest BCUT2D eigenvalue weighted by molar-refractivity contribution is -0.0128. The number of piperidine rings is 3. The molecule has 3 fully saturated rings. The Balaban J connectivity index is 1.56. The molecule has 6 rings (SSSR count). The van der Waals surface area contributed by atoms with Crippen LogP contribution < -0.4 is 4.72 Å². The first kappa shape index (κ1) is 22.3. The highest BCUT2D eigenvalue weighted by molar-refractivity contribution is 7.89. The molecule has 0 radical (unpaired) electrons. The van der Waals surface area contributed by atoms with E-state index in [0.29, 0.717) is 11.8 Å². The molecule has 3 aliphatic heterocycles. The van der Waals surface area contributed by atoms with E-state index in [9.17, 15) is 8.42 Å². The molecule has 1 unspecified atom stereocenters. The Bertz CT molecular complexity index is 1250. The second-order valence-corrected chi connectivity index (χ2v) is 11.0. The Labute approximate surface area is 196 Å². The topological polar surface area (TPSA) is 62.3 Å². The molecule has 3 saturated heterocycles. The summed E-state index contributed by atoms with van der Waals surface area (Å²) in [5, 5.41) is 1.00. The number of para-hydroxylation sites is 1. The Kier molecular flexibility index (Phi) is 6.08. The lowest BCUT2D eigenvalue weighted by Crippen LogP contribution is -2.57. The molecule has 3 aliphatic rings. The highest BCUT2D eigenvalue weighted by atomic mass is 32.2. The van der Waals surface area contributed by atoms with Crippen LogP contribution in [0.15, 0.2) is 72.3 Å². The van der Waals surface area contributed by atoms with Gasteiger partial charge in [0.05, 0.1) is 16.5 Å². The van der Waals surface area contributed by atoms with E-state index in [2.05, 4.69) is 28.1 Å².